The van der Waals surface area contributed by atoms with Crippen molar-refractivity contribution in [2.75, 3.05) is 25.4 Å². The molecule has 1 N–H and O–H groups in total. The van der Waals surface area contributed by atoms with Crippen LogP contribution < -0.4 is 0 Å². The molecule has 112 valence electrons. The lowest BCUT2D eigenvalue weighted by Crippen LogP contribution is -2.29. The number of thiazole rings is 1. The van der Waals surface area contributed by atoms with E-state index in [1.807, 2.05) is 11.8 Å². The van der Waals surface area contributed by atoms with Crippen molar-refractivity contribution >= 4 is 29.0 Å². The van der Waals surface area contributed by atoms with Gasteiger partial charge in [0.15, 0.2) is 0 Å². The molecular formula is C14H22N2O2S2. The maximum Gasteiger partial charge on any atom is 0.223 e. The number of amides is 1. The summed E-state index contributed by atoms with van der Waals surface area (Å²) in [5.41, 5.74) is 1.12. The second kappa shape index (κ2) is 8.00. The van der Waals surface area contributed by atoms with Crippen LogP contribution in [0.1, 0.15) is 30.0 Å². The number of aromatic nitrogens is 1. The van der Waals surface area contributed by atoms with Gasteiger partial charge in [0.2, 0.25) is 5.91 Å². The highest BCUT2D eigenvalue weighted by atomic mass is 32.2. The highest BCUT2D eigenvalue weighted by Crippen LogP contribution is 2.21. The molecule has 0 aliphatic carbocycles. The first-order valence-corrected chi connectivity index (χ1v) is 9.10. The Labute approximate surface area is 128 Å². The smallest absolute Gasteiger partial charge is 0.223 e. The van der Waals surface area contributed by atoms with Gasteiger partial charge in [-0.1, -0.05) is 0 Å². The summed E-state index contributed by atoms with van der Waals surface area (Å²) in [6.45, 7) is 3.93. The molecule has 1 saturated heterocycles. The van der Waals surface area contributed by atoms with Crippen molar-refractivity contribution in [3.8, 4) is 0 Å². The van der Waals surface area contributed by atoms with Crippen LogP contribution in [0.2, 0.25) is 0 Å². The third-order valence-electron chi connectivity index (χ3n) is 3.55. The van der Waals surface area contributed by atoms with Crippen molar-refractivity contribution in [1.82, 2.24) is 9.88 Å². The molecule has 1 amide bonds. The average Bonchev–Trinajstić information content (AvgIpc) is 3.04. The minimum absolute atomic E-state index is 0.232. The van der Waals surface area contributed by atoms with Gasteiger partial charge in [-0.3, -0.25) is 4.79 Å². The van der Waals surface area contributed by atoms with Crippen LogP contribution in [0.25, 0.3) is 0 Å². The van der Waals surface area contributed by atoms with E-state index in [9.17, 15) is 4.79 Å². The molecule has 4 nitrogen and oxygen atoms in total. The van der Waals surface area contributed by atoms with Crippen LogP contribution in [0.5, 0.6) is 0 Å². The lowest BCUT2D eigenvalue weighted by atomic mass is 10.1. The third kappa shape index (κ3) is 4.75. The fourth-order valence-electron chi connectivity index (χ4n) is 2.45. The van der Waals surface area contributed by atoms with Gasteiger partial charge in [0.25, 0.3) is 0 Å². The molecule has 20 heavy (non-hydrogen) atoms. The van der Waals surface area contributed by atoms with Gasteiger partial charge in [0.05, 0.1) is 10.7 Å². The first-order chi connectivity index (χ1) is 9.69. The van der Waals surface area contributed by atoms with E-state index in [1.54, 1.807) is 23.1 Å². The first-order valence-electron chi connectivity index (χ1n) is 7.06. The Kier molecular flexibility index (Phi) is 6.32. The minimum Gasteiger partial charge on any atom is -0.396 e. The minimum atomic E-state index is 0.232. The number of hydrogen-bond acceptors (Lipinski definition) is 5. The van der Waals surface area contributed by atoms with Gasteiger partial charge >= 0.3 is 0 Å². The van der Waals surface area contributed by atoms with Gasteiger partial charge in [0, 0.05) is 43.0 Å². The third-order valence-corrected chi connectivity index (χ3v) is 5.37. The topological polar surface area (TPSA) is 53.4 Å². The predicted octanol–water partition coefficient (Wildman–Crippen LogP) is 2.31. The number of aliphatic hydroxyl groups is 1. The summed E-state index contributed by atoms with van der Waals surface area (Å²) in [5, 5.41) is 12.1. The molecule has 0 aromatic carbocycles. The standard InChI is InChI=1S/C14H22N2O2S2/c1-11-15-13(10-20-11)9-19-7-4-14(18)16-5-2-12(8-16)3-6-17/h10,12,17H,2-9H2,1H3. The van der Waals surface area contributed by atoms with E-state index >= 15 is 0 Å². The molecule has 1 aliphatic heterocycles. The summed E-state index contributed by atoms with van der Waals surface area (Å²) in [4.78, 5) is 18.4. The predicted molar refractivity (Wildman–Crippen MR) is 84.0 cm³/mol. The molecule has 2 rings (SSSR count). The van der Waals surface area contributed by atoms with Crippen LogP contribution in [-0.2, 0) is 10.5 Å². The largest absolute Gasteiger partial charge is 0.396 e. The zero-order chi connectivity index (χ0) is 14.4. The Balaban J connectivity index is 1.61. The van der Waals surface area contributed by atoms with Crippen LogP contribution in [0.15, 0.2) is 5.38 Å². The monoisotopic (exact) mass is 314 g/mol. The number of thioether (sulfide) groups is 1. The van der Waals surface area contributed by atoms with Crippen molar-refractivity contribution in [2.24, 2.45) is 5.92 Å². The summed E-state index contributed by atoms with van der Waals surface area (Å²) in [5.74, 6) is 2.50. The van der Waals surface area contributed by atoms with Crippen molar-refractivity contribution in [1.29, 1.82) is 0 Å². The number of rotatable bonds is 7. The Morgan fingerprint density at radius 1 is 1.65 bits per heavy atom. The number of hydrogen-bond donors (Lipinski definition) is 1. The average molecular weight is 314 g/mol. The molecule has 1 unspecified atom stereocenters. The van der Waals surface area contributed by atoms with Crippen molar-refractivity contribution < 1.29 is 9.90 Å². The molecule has 6 heteroatoms. The summed E-state index contributed by atoms with van der Waals surface area (Å²) < 4.78 is 0. The second-order valence-electron chi connectivity index (χ2n) is 5.17. The van der Waals surface area contributed by atoms with Crippen LogP contribution in [0.3, 0.4) is 0 Å². The van der Waals surface area contributed by atoms with E-state index in [1.165, 1.54) is 0 Å². The van der Waals surface area contributed by atoms with Gasteiger partial charge in [-0.15, -0.1) is 11.3 Å². The van der Waals surface area contributed by atoms with E-state index < -0.39 is 0 Å². The zero-order valence-corrected chi connectivity index (χ0v) is 13.5. The normalized spacial score (nSPS) is 18.7. The molecule has 1 atom stereocenters. The van der Waals surface area contributed by atoms with E-state index in [0.29, 0.717) is 12.3 Å². The molecule has 0 saturated carbocycles. The summed E-state index contributed by atoms with van der Waals surface area (Å²) >= 11 is 3.45. The number of aryl methyl sites for hydroxylation is 1. The molecular weight excluding hydrogens is 292 g/mol. The number of nitrogens with zero attached hydrogens (tertiary/aromatic N) is 2. The van der Waals surface area contributed by atoms with Crippen molar-refractivity contribution in [2.45, 2.75) is 31.9 Å². The quantitative estimate of drug-likeness (QED) is 0.785. The Bertz CT molecular complexity index is 437. The molecule has 1 aromatic heterocycles. The zero-order valence-electron chi connectivity index (χ0n) is 11.9. The van der Waals surface area contributed by atoms with Crippen molar-refractivity contribution in [3.63, 3.8) is 0 Å². The summed E-state index contributed by atoms with van der Waals surface area (Å²) in [6.07, 6.45) is 2.47. The maximum absolute atomic E-state index is 12.0. The highest BCUT2D eigenvalue weighted by molar-refractivity contribution is 7.98. The fourth-order valence-corrected chi connectivity index (χ4v) is 3.98. The van der Waals surface area contributed by atoms with Gasteiger partial charge in [-0.2, -0.15) is 11.8 Å². The lowest BCUT2D eigenvalue weighted by molar-refractivity contribution is -0.129. The van der Waals surface area contributed by atoms with Crippen LogP contribution in [0.4, 0.5) is 0 Å². The van der Waals surface area contributed by atoms with Crippen LogP contribution >= 0.6 is 23.1 Å². The summed E-state index contributed by atoms with van der Waals surface area (Å²) in [6, 6.07) is 0. The maximum atomic E-state index is 12.0. The highest BCUT2D eigenvalue weighted by Gasteiger charge is 2.25. The van der Waals surface area contributed by atoms with E-state index in [0.717, 1.165) is 48.1 Å². The SMILES string of the molecule is Cc1nc(CSCCC(=O)N2CCC(CCO)C2)cs1. The first kappa shape index (κ1) is 15.8. The Morgan fingerprint density at radius 2 is 2.50 bits per heavy atom. The molecule has 0 bridgehead atoms. The Hall–Kier alpha value is -0.590. The van der Waals surface area contributed by atoms with Crippen molar-refractivity contribution in [3.05, 3.63) is 16.1 Å². The second-order valence-corrected chi connectivity index (χ2v) is 7.33. The van der Waals surface area contributed by atoms with Gasteiger partial charge in [-0.05, 0) is 25.7 Å². The number of carbonyl (C=O) groups is 1. The van der Waals surface area contributed by atoms with Crippen LogP contribution in [0, 0.1) is 12.8 Å². The van der Waals surface area contributed by atoms with Gasteiger partial charge < -0.3 is 10.0 Å². The van der Waals surface area contributed by atoms with Gasteiger partial charge in [-0.25, -0.2) is 4.98 Å². The lowest BCUT2D eigenvalue weighted by Gasteiger charge is -2.16. The molecule has 1 fully saturated rings. The molecule has 1 aliphatic rings. The fraction of sp³-hybridized carbons (Fsp3) is 0.714. The summed E-state index contributed by atoms with van der Waals surface area (Å²) in [7, 11) is 0. The molecule has 0 spiro atoms. The van der Waals surface area contributed by atoms with E-state index in [4.69, 9.17) is 5.11 Å². The number of likely N-dealkylation sites (tertiary alicyclic amines) is 1. The van der Waals surface area contributed by atoms with E-state index in [-0.39, 0.29) is 12.5 Å². The van der Waals surface area contributed by atoms with Gasteiger partial charge in [0.1, 0.15) is 0 Å². The van der Waals surface area contributed by atoms with E-state index in [2.05, 4.69) is 10.4 Å². The number of carbonyl (C=O) groups excluding carboxylic acids is 1. The number of aliphatic hydroxyl groups excluding tert-OH is 1. The molecule has 2 heterocycles. The molecule has 1 aromatic rings. The molecule has 0 radical (unpaired) electrons. The Morgan fingerprint density at radius 3 is 3.20 bits per heavy atom. The van der Waals surface area contributed by atoms with Crippen LogP contribution in [-0.4, -0.2) is 46.3 Å².